The zero-order valence-electron chi connectivity index (χ0n) is 16.6. The van der Waals surface area contributed by atoms with E-state index in [2.05, 4.69) is 29.3 Å². The van der Waals surface area contributed by atoms with Crippen molar-refractivity contribution in [2.75, 3.05) is 50.8 Å². The molecule has 0 bridgehead atoms. The van der Waals surface area contributed by atoms with Crippen LogP contribution >= 0.6 is 11.6 Å². The predicted octanol–water partition coefficient (Wildman–Crippen LogP) is 1.86. The number of carbonyl (C=O) groups is 1. The molecule has 0 saturated carbocycles. The van der Waals surface area contributed by atoms with Crippen LogP contribution in [0.4, 0.5) is 5.69 Å². The molecule has 1 saturated heterocycles. The molecule has 1 fully saturated rings. The smallest absolute Gasteiger partial charge is 0.275 e. The highest BCUT2D eigenvalue weighted by Crippen LogP contribution is 2.24. The molecule has 0 radical (unpaired) electrons. The molecule has 6 heteroatoms. The van der Waals surface area contributed by atoms with Crippen molar-refractivity contribution < 1.29 is 14.4 Å². The third-order valence-corrected chi connectivity index (χ3v) is 5.41. The van der Waals surface area contributed by atoms with Crippen molar-refractivity contribution in [1.82, 2.24) is 5.32 Å². The summed E-state index contributed by atoms with van der Waals surface area (Å²) in [4.78, 5) is 15.8. The molecule has 0 spiro atoms. The van der Waals surface area contributed by atoms with Gasteiger partial charge >= 0.3 is 0 Å². The SMILES string of the molecule is Cc1ccc(OCCNC(=O)C[NH+]2CCN(c3ccccc3Cl)CC2)c(C)c1. The van der Waals surface area contributed by atoms with Crippen LogP contribution in [0.25, 0.3) is 0 Å². The summed E-state index contributed by atoms with van der Waals surface area (Å²) in [5.41, 5.74) is 3.42. The van der Waals surface area contributed by atoms with E-state index in [-0.39, 0.29) is 5.91 Å². The van der Waals surface area contributed by atoms with Crippen molar-refractivity contribution >= 4 is 23.2 Å². The summed E-state index contributed by atoms with van der Waals surface area (Å²) in [6.45, 7) is 9.26. The number of ether oxygens (including phenoxy) is 1. The van der Waals surface area contributed by atoms with E-state index in [1.807, 2.05) is 37.3 Å². The molecule has 5 nitrogen and oxygen atoms in total. The third kappa shape index (κ3) is 5.63. The van der Waals surface area contributed by atoms with Crippen molar-refractivity contribution in [3.63, 3.8) is 0 Å². The lowest BCUT2D eigenvalue weighted by Gasteiger charge is -2.33. The van der Waals surface area contributed by atoms with Gasteiger partial charge in [0.1, 0.15) is 12.4 Å². The second kappa shape index (κ2) is 9.80. The number of piperazine rings is 1. The van der Waals surface area contributed by atoms with Crippen LogP contribution in [0.2, 0.25) is 5.02 Å². The largest absolute Gasteiger partial charge is 0.491 e. The minimum Gasteiger partial charge on any atom is -0.491 e. The van der Waals surface area contributed by atoms with Gasteiger partial charge in [0.25, 0.3) is 5.91 Å². The van der Waals surface area contributed by atoms with Crippen LogP contribution in [0.5, 0.6) is 5.75 Å². The van der Waals surface area contributed by atoms with E-state index in [1.54, 1.807) is 0 Å². The van der Waals surface area contributed by atoms with E-state index < -0.39 is 0 Å². The van der Waals surface area contributed by atoms with Gasteiger partial charge in [0.2, 0.25) is 0 Å². The number of anilines is 1. The summed E-state index contributed by atoms with van der Waals surface area (Å²) in [6, 6.07) is 14.0. The fourth-order valence-electron chi connectivity index (χ4n) is 3.55. The molecule has 28 heavy (non-hydrogen) atoms. The van der Waals surface area contributed by atoms with Gasteiger partial charge in [0, 0.05) is 0 Å². The maximum atomic E-state index is 12.2. The van der Waals surface area contributed by atoms with Gasteiger partial charge in [0.05, 0.1) is 43.4 Å². The minimum absolute atomic E-state index is 0.0745. The molecule has 2 aromatic carbocycles. The van der Waals surface area contributed by atoms with Gasteiger partial charge in [-0.1, -0.05) is 41.4 Å². The van der Waals surface area contributed by atoms with Gasteiger partial charge in [-0.2, -0.15) is 0 Å². The van der Waals surface area contributed by atoms with Crippen molar-refractivity contribution in [3.8, 4) is 5.75 Å². The summed E-state index contributed by atoms with van der Waals surface area (Å²) >= 11 is 6.29. The topological polar surface area (TPSA) is 46.0 Å². The maximum absolute atomic E-state index is 12.2. The fraction of sp³-hybridized carbons (Fsp3) is 0.409. The van der Waals surface area contributed by atoms with E-state index in [9.17, 15) is 4.79 Å². The standard InChI is InChI=1S/C22H28ClN3O2/c1-17-7-8-21(18(2)15-17)28-14-9-24-22(27)16-25-10-12-26(13-11-25)20-6-4-3-5-19(20)23/h3-8,15H,9-14,16H2,1-2H3,(H,24,27)/p+1. The monoisotopic (exact) mass is 402 g/mol. The molecule has 0 aliphatic carbocycles. The number of hydrogen-bond donors (Lipinski definition) is 2. The van der Waals surface area contributed by atoms with E-state index in [4.69, 9.17) is 16.3 Å². The Bertz CT molecular complexity index is 804. The minimum atomic E-state index is 0.0745. The molecule has 3 rings (SSSR count). The Balaban J connectivity index is 1.35. The number of quaternary nitrogens is 1. The summed E-state index contributed by atoms with van der Waals surface area (Å²) in [5.74, 6) is 0.951. The van der Waals surface area contributed by atoms with E-state index >= 15 is 0 Å². The summed E-state index contributed by atoms with van der Waals surface area (Å²) in [6.07, 6.45) is 0. The lowest BCUT2D eigenvalue weighted by molar-refractivity contribution is -0.892. The summed E-state index contributed by atoms with van der Waals surface area (Å²) in [5, 5.41) is 3.75. The molecule has 1 aliphatic heterocycles. The third-order valence-electron chi connectivity index (χ3n) is 5.09. The number of nitrogens with zero attached hydrogens (tertiary/aromatic N) is 1. The fourth-order valence-corrected chi connectivity index (χ4v) is 3.81. The number of nitrogens with one attached hydrogen (secondary N) is 2. The average Bonchev–Trinajstić information content (AvgIpc) is 2.68. The van der Waals surface area contributed by atoms with E-state index in [0.717, 1.165) is 48.2 Å². The molecular weight excluding hydrogens is 374 g/mol. The van der Waals surface area contributed by atoms with Gasteiger partial charge < -0.3 is 19.9 Å². The molecule has 150 valence electrons. The van der Waals surface area contributed by atoms with Gasteiger partial charge in [-0.15, -0.1) is 0 Å². The maximum Gasteiger partial charge on any atom is 0.275 e. The van der Waals surface area contributed by atoms with Crippen LogP contribution in [0, 0.1) is 13.8 Å². The van der Waals surface area contributed by atoms with Crippen LogP contribution < -0.4 is 19.9 Å². The number of carbonyl (C=O) groups excluding carboxylic acids is 1. The summed E-state index contributed by atoms with van der Waals surface area (Å²) in [7, 11) is 0. The molecule has 0 aromatic heterocycles. The molecule has 1 amide bonds. The number of hydrogen-bond acceptors (Lipinski definition) is 3. The first-order chi connectivity index (χ1) is 13.5. The molecular formula is C22H29ClN3O2+. The number of rotatable bonds is 7. The van der Waals surface area contributed by atoms with Gasteiger partial charge in [-0.05, 0) is 37.6 Å². The number of halogens is 1. The Morgan fingerprint density at radius 2 is 1.93 bits per heavy atom. The highest BCUT2D eigenvalue weighted by Gasteiger charge is 2.23. The second-order valence-electron chi connectivity index (χ2n) is 7.33. The van der Waals surface area contributed by atoms with Crippen LogP contribution in [-0.2, 0) is 4.79 Å². The lowest BCUT2D eigenvalue weighted by Crippen LogP contribution is -3.16. The zero-order chi connectivity index (χ0) is 19.9. The number of aryl methyl sites for hydroxylation is 2. The molecule has 1 aliphatic rings. The number of para-hydroxylation sites is 1. The van der Waals surface area contributed by atoms with Crippen LogP contribution in [0.15, 0.2) is 42.5 Å². The zero-order valence-corrected chi connectivity index (χ0v) is 17.4. The summed E-state index contributed by atoms with van der Waals surface area (Å²) < 4.78 is 5.77. The molecule has 2 N–H and O–H groups in total. The van der Waals surface area contributed by atoms with Crippen LogP contribution in [-0.4, -0.2) is 51.8 Å². The van der Waals surface area contributed by atoms with Crippen LogP contribution in [0.1, 0.15) is 11.1 Å². The Kier molecular flexibility index (Phi) is 7.18. The first kappa shape index (κ1) is 20.5. The second-order valence-corrected chi connectivity index (χ2v) is 7.74. The first-order valence-corrected chi connectivity index (χ1v) is 10.2. The molecule has 1 heterocycles. The number of benzene rings is 2. The van der Waals surface area contributed by atoms with Gasteiger partial charge in [0.15, 0.2) is 6.54 Å². The van der Waals surface area contributed by atoms with Gasteiger partial charge in [-0.25, -0.2) is 0 Å². The molecule has 0 atom stereocenters. The average molecular weight is 403 g/mol. The highest BCUT2D eigenvalue weighted by atomic mass is 35.5. The Morgan fingerprint density at radius 1 is 1.18 bits per heavy atom. The van der Waals surface area contributed by atoms with Crippen LogP contribution in [0.3, 0.4) is 0 Å². The van der Waals surface area contributed by atoms with Crippen molar-refractivity contribution in [3.05, 3.63) is 58.6 Å². The Morgan fingerprint density at radius 3 is 2.64 bits per heavy atom. The Labute approximate surface area is 172 Å². The quantitative estimate of drug-likeness (QED) is 0.695. The van der Waals surface area contributed by atoms with Gasteiger partial charge in [-0.3, -0.25) is 4.79 Å². The van der Waals surface area contributed by atoms with Crippen molar-refractivity contribution in [2.45, 2.75) is 13.8 Å². The van der Waals surface area contributed by atoms with Crippen molar-refractivity contribution in [1.29, 1.82) is 0 Å². The number of amides is 1. The normalized spacial score (nSPS) is 14.8. The Hall–Kier alpha value is -2.24. The first-order valence-electron chi connectivity index (χ1n) is 9.83. The highest BCUT2D eigenvalue weighted by molar-refractivity contribution is 6.33. The molecule has 0 unspecified atom stereocenters. The van der Waals surface area contributed by atoms with Crippen molar-refractivity contribution in [2.24, 2.45) is 0 Å². The predicted molar refractivity (Wildman–Crippen MR) is 114 cm³/mol. The van der Waals surface area contributed by atoms with E-state index in [1.165, 1.54) is 10.5 Å². The van der Waals surface area contributed by atoms with E-state index in [0.29, 0.717) is 19.7 Å². The lowest BCUT2D eigenvalue weighted by atomic mass is 10.1. The molecule has 2 aromatic rings.